The summed E-state index contributed by atoms with van der Waals surface area (Å²) in [4.78, 5) is 12.6. The third-order valence-corrected chi connectivity index (χ3v) is 10.6. The SMILES string of the molecule is CCCCCC/C=C/CC/C=C/CC/C=C/C(O)C(CS(=O)(=O)O)NC(=O)C(O)CCCCCCCC/C=C\CCCCCCCCCCCCCC. The number of amides is 1. The summed E-state index contributed by atoms with van der Waals surface area (Å²) in [7, 11) is -4.46. The zero-order valence-electron chi connectivity index (χ0n) is 34.2. The summed E-state index contributed by atoms with van der Waals surface area (Å²) in [5.41, 5.74) is 0. The first-order chi connectivity index (χ1) is 25.7. The van der Waals surface area contributed by atoms with Crippen molar-refractivity contribution in [3.05, 3.63) is 48.6 Å². The van der Waals surface area contributed by atoms with Gasteiger partial charge in [0.05, 0.1) is 17.9 Å². The van der Waals surface area contributed by atoms with Crippen LogP contribution in [0.3, 0.4) is 0 Å². The smallest absolute Gasteiger partial charge is 0.267 e. The van der Waals surface area contributed by atoms with Crippen LogP contribution in [0.15, 0.2) is 48.6 Å². The van der Waals surface area contributed by atoms with Gasteiger partial charge in [0, 0.05) is 0 Å². The topological polar surface area (TPSA) is 124 Å². The highest BCUT2D eigenvalue weighted by Gasteiger charge is 2.27. The summed E-state index contributed by atoms with van der Waals surface area (Å²) in [5.74, 6) is -1.57. The van der Waals surface area contributed by atoms with E-state index in [1.54, 1.807) is 6.08 Å². The zero-order valence-corrected chi connectivity index (χ0v) is 35.1. The van der Waals surface area contributed by atoms with Gasteiger partial charge in [0.2, 0.25) is 5.91 Å². The van der Waals surface area contributed by atoms with Crippen molar-refractivity contribution in [1.29, 1.82) is 0 Å². The molecule has 1 amide bonds. The van der Waals surface area contributed by atoms with Crippen molar-refractivity contribution < 1.29 is 28.0 Å². The van der Waals surface area contributed by atoms with Gasteiger partial charge in [-0.2, -0.15) is 8.42 Å². The number of rotatable bonds is 39. The Kier molecular flexibility index (Phi) is 37.3. The predicted octanol–water partition coefficient (Wildman–Crippen LogP) is 12.0. The number of aliphatic hydroxyl groups is 2. The van der Waals surface area contributed by atoms with Gasteiger partial charge in [-0.25, -0.2) is 0 Å². The number of aliphatic hydroxyl groups excluding tert-OH is 2. The van der Waals surface area contributed by atoms with Gasteiger partial charge in [-0.1, -0.05) is 184 Å². The lowest BCUT2D eigenvalue weighted by atomic mass is 10.0. The highest BCUT2D eigenvalue weighted by atomic mass is 32.2. The van der Waals surface area contributed by atoms with Crippen molar-refractivity contribution in [3.63, 3.8) is 0 Å². The Labute approximate surface area is 327 Å². The maximum absolute atomic E-state index is 12.6. The monoisotopic (exact) mass is 766 g/mol. The van der Waals surface area contributed by atoms with Gasteiger partial charge in [0.1, 0.15) is 6.10 Å². The van der Waals surface area contributed by atoms with Gasteiger partial charge in [-0.15, -0.1) is 0 Å². The van der Waals surface area contributed by atoms with E-state index in [4.69, 9.17) is 0 Å². The molecule has 0 bridgehead atoms. The van der Waals surface area contributed by atoms with Gasteiger partial charge >= 0.3 is 0 Å². The molecule has 3 unspecified atom stereocenters. The summed E-state index contributed by atoms with van der Waals surface area (Å²) in [6.07, 6.45) is 48.9. The van der Waals surface area contributed by atoms with E-state index >= 15 is 0 Å². The van der Waals surface area contributed by atoms with Crippen molar-refractivity contribution in [2.24, 2.45) is 0 Å². The fraction of sp³-hybridized carbons (Fsp3) is 0.800. The van der Waals surface area contributed by atoms with Gasteiger partial charge in [-0.3, -0.25) is 9.35 Å². The minimum Gasteiger partial charge on any atom is -0.387 e. The van der Waals surface area contributed by atoms with Crippen molar-refractivity contribution in [2.45, 2.75) is 225 Å². The van der Waals surface area contributed by atoms with Gasteiger partial charge in [0.25, 0.3) is 10.1 Å². The molecule has 0 saturated carbocycles. The highest BCUT2D eigenvalue weighted by molar-refractivity contribution is 7.85. The molecule has 310 valence electrons. The van der Waals surface area contributed by atoms with E-state index in [0.29, 0.717) is 12.8 Å². The lowest BCUT2D eigenvalue weighted by Gasteiger charge is -2.22. The molecular weight excluding hydrogens is 683 g/mol. The minimum absolute atomic E-state index is 0.263. The van der Waals surface area contributed by atoms with E-state index in [9.17, 15) is 28.0 Å². The molecule has 0 aliphatic heterocycles. The van der Waals surface area contributed by atoms with Crippen LogP contribution in [0, 0.1) is 0 Å². The number of allylic oxidation sites excluding steroid dienone is 7. The Morgan fingerprint density at radius 3 is 1.26 bits per heavy atom. The van der Waals surface area contributed by atoms with Gasteiger partial charge in [-0.05, 0) is 70.6 Å². The second-order valence-corrected chi connectivity index (χ2v) is 16.6. The van der Waals surface area contributed by atoms with Crippen molar-refractivity contribution in [3.8, 4) is 0 Å². The van der Waals surface area contributed by atoms with Crippen LogP contribution < -0.4 is 5.32 Å². The van der Waals surface area contributed by atoms with Crippen LogP contribution in [0.5, 0.6) is 0 Å². The first-order valence-electron chi connectivity index (χ1n) is 21.9. The normalized spacial score (nSPS) is 14.3. The zero-order chi connectivity index (χ0) is 39.1. The molecule has 0 aromatic carbocycles. The summed E-state index contributed by atoms with van der Waals surface area (Å²) in [6.45, 7) is 4.49. The summed E-state index contributed by atoms with van der Waals surface area (Å²) >= 11 is 0. The second-order valence-electron chi connectivity index (χ2n) is 15.1. The van der Waals surface area contributed by atoms with Crippen molar-refractivity contribution >= 4 is 16.0 Å². The molecule has 0 saturated heterocycles. The van der Waals surface area contributed by atoms with E-state index in [0.717, 1.165) is 51.4 Å². The van der Waals surface area contributed by atoms with Crippen molar-refractivity contribution in [2.75, 3.05) is 5.75 Å². The number of unbranched alkanes of at least 4 members (excludes halogenated alkanes) is 24. The van der Waals surface area contributed by atoms with Crippen LogP contribution in [0.1, 0.15) is 206 Å². The summed E-state index contributed by atoms with van der Waals surface area (Å²) in [6, 6.07) is -1.26. The molecule has 0 aliphatic carbocycles. The van der Waals surface area contributed by atoms with Crippen LogP contribution in [0.4, 0.5) is 0 Å². The molecule has 0 spiro atoms. The molecule has 0 rings (SSSR count). The standard InChI is InChI=1S/C45H83NO6S/c1-3-5-7-9-11-13-15-17-19-20-21-22-23-24-25-26-28-30-32-34-36-38-40-44(48)45(49)46-42(41-53(50,51)52)43(47)39-37-35-33-31-29-27-18-16-14-12-10-8-6-4-2/h14,16,24-25,29,31,37,39,42-44,47-48H,3-13,15,17-23,26-28,30,32-36,38,40-41H2,1-2H3,(H,46,49)(H,50,51,52)/b16-14+,25-24-,31-29+,39-37+. The summed E-state index contributed by atoms with van der Waals surface area (Å²) in [5, 5.41) is 23.4. The number of hydrogen-bond acceptors (Lipinski definition) is 5. The molecular formula is C45H83NO6S. The molecule has 0 aromatic heterocycles. The molecule has 0 aliphatic rings. The molecule has 8 heteroatoms. The lowest BCUT2D eigenvalue weighted by Crippen LogP contribution is -2.50. The Morgan fingerprint density at radius 1 is 0.509 bits per heavy atom. The van der Waals surface area contributed by atoms with E-state index < -0.39 is 40.0 Å². The third kappa shape index (κ3) is 38.3. The van der Waals surface area contributed by atoms with Crippen LogP contribution in [-0.2, 0) is 14.9 Å². The third-order valence-electron chi connectivity index (χ3n) is 9.81. The average molecular weight is 766 g/mol. The van der Waals surface area contributed by atoms with Crippen LogP contribution in [0.25, 0.3) is 0 Å². The number of carbonyl (C=O) groups excluding carboxylic acids is 1. The first-order valence-corrected chi connectivity index (χ1v) is 23.6. The van der Waals surface area contributed by atoms with E-state index in [2.05, 4.69) is 55.6 Å². The molecule has 0 fully saturated rings. The van der Waals surface area contributed by atoms with Crippen LogP contribution >= 0.6 is 0 Å². The molecule has 0 heterocycles. The predicted molar refractivity (Wildman–Crippen MR) is 227 cm³/mol. The molecule has 7 nitrogen and oxygen atoms in total. The molecule has 53 heavy (non-hydrogen) atoms. The lowest BCUT2D eigenvalue weighted by molar-refractivity contribution is -0.130. The quantitative estimate of drug-likeness (QED) is 0.0281. The molecule has 4 N–H and O–H groups in total. The second kappa shape index (κ2) is 38.5. The fourth-order valence-corrected chi connectivity index (χ4v) is 7.16. The van der Waals surface area contributed by atoms with E-state index in [1.807, 2.05) is 0 Å². The summed E-state index contributed by atoms with van der Waals surface area (Å²) < 4.78 is 32.5. The maximum Gasteiger partial charge on any atom is 0.267 e. The number of hydrogen-bond donors (Lipinski definition) is 4. The first kappa shape index (κ1) is 51.3. The highest BCUT2D eigenvalue weighted by Crippen LogP contribution is 2.14. The van der Waals surface area contributed by atoms with Crippen LogP contribution in [0.2, 0.25) is 0 Å². The van der Waals surface area contributed by atoms with Crippen molar-refractivity contribution in [1.82, 2.24) is 5.32 Å². The average Bonchev–Trinajstić information content (AvgIpc) is 3.12. The van der Waals surface area contributed by atoms with E-state index in [1.165, 1.54) is 128 Å². The Hall–Kier alpha value is -1.74. The largest absolute Gasteiger partial charge is 0.387 e. The Bertz CT molecular complexity index is 1040. The minimum atomic E-state index is -4.46. The number of nitrogens with one attached hydrogen (secondary N) is 1. The molecule has 3 atom stereocenters. The number of carbonyl (C=O) groups is 1. The Balaban J connectivity index is 4.01. The fourth-order valence-electron chi connectivity index (χ4n) is 6.42. The van der Waals surface area contributed by atoms with Crippen LogP contribution in [-0.4, -0.2) is 53.1 Å². The Morgan fingerprint density at radius 2 is 0.849 bits per heavy atom. The molecule has 0 radical (unpaired) electrons. The van der Waals surface area contributed by atoms with Gasteiger partial charge < -0.3 is 15.5 Å². The van der Waals surface area contributed by atoms with E-state index in [-0.39, 0.29) is 6.42 Å². The molecule has 0 aromatic rings. The maximum atomic E-state index is 12.6. The van der Waals surface area contributed by atoms with Gasteiger partial charge in [0.15, 0.2) is 0 Å².